The molecule has 0 atom stereocenters. The molecule has 0 N–H and O–H groups in total. The Morgan fingerprint density at radius 1 is 1.14 bits per heavy atom. The average molecular weight is 333 g/mol. The Morgan fingerprint density at radius 2 is 1.82 bits per heavy atom. The van der Waals surface area contributed by atoms with Crippen molar-refractivity contribution < 1.29 is 9.53 Å². The molecule has 0 radical (unpaired) electrons. The van der Waals surface area contributed by atoms with Crippen molar-refractivity contribution in [2.75, 3.05) is 6.61 Å². The van der Waals surface area contributed by atoms with E-state index in [9.17, 15) is 4.79 Å². The van der Waals surface area contributed by atoms with Gasteiger partial charge >= 0.3 is 0 Å². The van der Waals surface area contributed by atoms with E-state index in [1.54, 1.807) is 0 Å². The van der Waals surface area contributed by atoms with Gasteiger partial charge in [0.15, 0.2) is 13.2 Å². The minimum atomic E-state index is -1.96. The van der Waals surface area contributed by atoms with Crippen LogP contribution in [0.1, 0.15) is 29.3 Å². The van der Waals surface area contributed by atoms with Gasteiger partial charge in [0.1, 0.15) is 5.75 Å². The molecule has 0 aliphatic carbocycles. The molecule has 116 valence electrons. The van der Waals surface area contributed by atoms with E-state index in [0.717, 1.165) is 11.6 Å². The second kappa shape index (κ2) is 7.12. The summed E-state index contributed by atoms with van der Waals surface area (Å²) in [6.45, 7) is 6.75. The second-order valence-electron chi connectivity index (χ2n) is 5.73. The highest BCUT2D eigenvalue weighted by atomic mass is 35.6. The van der Waals surface area contributed by atoms with Crippen molar-refractivity contribution in [3.63, 3.8) is 0 Å². The van der Waals surface area contributed by atoms with E-state index in [1.165, 1.54) is 0 Å². The lowest BCUT2D eigenvalue weighted by Gasteiger charge is -2.17. The third-order valence-electron chi connectivity index (χ3n) is 3.41. The van der Waals surface area contributed by atoms with Crippen LogP contribution < -0.4 is 9.92 Å². The topological polar surface area (TPSA) is 26.3 Å². The first-order valence-electron chi connectivity index (χ1n) is 7.49. The van der Waals surface area contributed by atoms with Crippen LogP contribution in [0.25, 0.3) is 0 Å². The molecular formula is C18H21ClO2Si. The smallest absolute Gasteiger partial charge is 0.196 e. The Kier molecular flexibility index (Phi) is 5.43. The number of carbonyl (C=O) groups excluding carboxylic acids is 1. The minimum Gasteiger partial charge on any atom is -0.493 e. The van der Waals surface area contributed by atoms with Crippen molar-refractivity contribution >= 4 is 29.4 Å². The molecule has 2 aromatic rings. The Balaban J connectivity index is 2.43. The van der Waals surface area contributed by atoms with E-state index in [0.29, 0.717) is 23.5 Å². The predicted octanol–water partition coefficient (Wildman–Crippen LogP) is 4.36. The molecule has 0 spiro atoms. The Morgan fingerprint density at radius 3 is 2.41 bits per heavy atom. The number of carbonyl (C=O) groups is 1. The van der Waals surface area contributed by atoms with Crippen molar-refractivity contribution in [2.24, 2.45) is 0 Å². The number of hydrogen-bond acceptors (Lipinski definition) is 2. The standard InChI is InChI=1S/C18H21ClO2Si/c1-4-12-21-17-13-15(22(2,3)19)10-11-16(17)18(20)14-8-6-5-7-9-14/h5-11,13H,4,12H2,1-3H3. The van der Waals surface area contributed by atoms with Crippen LogP contribution in [0.3, 0.4) is 0 Å². The van der Waals surface area contributed by atoms with Crippen LogP contribution in [0.4, 0.5) is 0 Å². The second-order valence-corrected chi connectivity index (χ2v) is 12.1. The number of ketones is 1. The minimum absolute atomic E-state index is 0.0210. The molecule has 0 aliphatic rings. The molecule has 0 aromatic heterocycles. The molecular weight excluding hydrogens is 312 g/mol. The fraction of sp³-hybridized carbons (Fsp3) is 0.278. The third kappa shape index (κ3) is 3.99. The summed E-state index contributed by atoms with van der Waals surface area (Å²) in [5, 5.41) is 1.07. The van der Waals surface area contributed by atoms with Crippen LogP contribution in [0.5, 0.6) is 5.75 Å². The van der Waals surface area contributed by atoms with E-state index in [1.807, 2.05) is 55.5 Å². The molecule has 0 unspecified atom stereocenters. The Bertz CT molecular complexity index is 648. The van der Waals surface area contributed by atoms with Crippen LogP contribution in [-0.2, 0) is 0 Å². The number of rotatable bonds is 6. The van der Waals surface area contributed by atoms with E-state index in [2.05, 4.69) is 13.1 Å². The van der Waals surface area contributed by atoms with Gasteiger partial charge in [-0.25, -0.2) is 0 Å². The van der Waals surface area contributed by atoms with Crippen molar-refractivity contribution in [1.82, 2.24) is 0 Å². The average Bonchev–Trinajstić information content (AvgIpc) is 2.52. The molecule has 0 bridgehead atoms. The van der Waals surface area contributed by atoms with E-state index in [4.69, 9.17) is 15.8 Å². The number of benzene rings is 2. The van der Waals surface area contributed by atoms with E-state index < -0.39 is 7.38 Å². The SMILES string of the molecule is CCCOc1cc([Si](C)(C)Cl)ccc1C(=O)c1ccccc1. The molecule has 22 heavy (non-hydrogen) atoms. The normalized spacial score (nSPS) is 11.3. The van der Waals surface area contributed by atoms with Gasteiger partial charge in [0.25, 0.3) is 0 Å². The van der Waals surface area contributed by atoms with Gasteiger partial charge in [-0.2, -0.15) is 11.1 Å². The highest BCUT2D eigenvalue weighted by Gasteiger charge is 2.23. The van der Waals surface area contributed by atoms with Crippen molar-refractivity contribution in [2.45, 2.75) is 26.4 Å². The molecule has 0 saturated heterocycles. The molecule has 2 rings (SSSR count). The van der Waals surface area contributed by atoms with E-state index >= 15 is 0 Å². The van der Waals surface area contributed by atoms with Crippen LogP contribution in [0.2, 0.25) is 13.1 Å². The highest BCUT2D eigenvalue weighted by Crippen LogP contribution is 2.23. The summed E-state index contributed by atoms with van der Waals surface area (Å²) in [4.78, 5) is 12.7. The molecule has 0 amide bonds. The summed E-state index contributed by atoms with van der Waals surface area (Å²) in [5.41, 5.74) is 1.26. The summed E-state index contributed by atoms with van der Waals surface area (Å²) < 4.78 is 5.81. The zero-order chi connectivity index (χ0) is 16.2. The molecule has 0 fully saturated rings. The fourth-order valence-electron chi connectivity index (χ4n) is 2.16. The zero-order valence-electron chi connectivity index (χ0n) is 13.2. The van der Waals surface area contributed by atoms with Gasteiger partial charge in [0, 0.05) is 5.56 Å². The van der Waals surface area contributed by atoms with Gasteiger partial charge in [-0.3, -0.25) is 4.79 Å². The monoisotopic (exact) mass is 332 g/mol. The van der Waals surface area contributed by atoms with Crippen LogP contribution in [-0.4, -0.2) is 19.8 Å². The van der Waals surface area contributed by atoms with Crippen molar-refractivity contribution in [3.8, 4) is 5.75 Å². The largest absolute Gasteiger partial charge is 0.493 e. The summed E-state index contributed by atoms with van der Waals surface area (Å²) in [5.74, 6) is 0.613. The summed E-state index contributed by atoms with van der Waals surface area (Å²) in [6, 6.07) is 15.0. The third-order valence-corrected chi connectivity index (χ3v) is 5.75. The summed E-state index contributed by atoms with van der Waals surface area (Å²) >= 11 is 6.51. The molecule has 2 nitrogen and oxygen atoms in total. The van der Waals surface area contributed by atoms with Gasteiger partial charge in [-0.05, 0) is 23.7 Å². The number of halogens is 1. The fourth-order valence-corrected chi connectivity index (χ4v) is 3.46. The molecule has 4 heteroatoms. The van der Waals surface area contributed by atoms with Crippen molar-refractivity contribution in [3.05, 3.63) is 59.7 Å². The lowest BCUT2D eigenvalue weighted by Crippen LogP contribution is -2.35. The van der Waals surface area contributed by atoms with Gasteiger partial charge in [-0.1, -0.05) is 56.4 Å². The maximum absolute atomic E-state index is 12.7. The molecule has 0 heterocycles. The molecule has 0 saturated carbocycles. The lowest BCUT2D eigenvalue weighted by molar-refractivity contribution is 0.103. The summed E-state index contributed by atoms with van der Waals surface area (Å²) in [6.07, 6.45) is 0.894. The lowest BCUT2D eigenvalue weighted by atomic mass is 10.0. The summed E-state index contributed by atoms with van der Waals surface area (Å²) in [7, 11) is -1.96. The Hall–Kier alpha value is -1.58. The van der Waals surface area contributed by atoms with Crippen LogP contribution >= 0.6 is 11.1 Å². The van der Waals surface area contributed by atoms with Crippen LogP contribution in [0, 0.1) is 0 Å². The van der Waals surface area contributed by atoms with Crippen LogP contribution in [0.15, 0.2) is 48.5 Å². The maximum atomic E-state index is 12.7. The number of ether oxygens (including phenoxy) is 1. The quantitative estimate of drug-likeness (QED) is 0.446. The predicted molar refractivity (Wildman–Crippen MR) is 95.1 cm³/mol. The molecule has 2 aromatic carbocycles. The first kappa shape index (κ1) is 16.8. The maximum Gasteiger partial charge on any atom is 0.196 e. The van der Waals surface area contributed by atoms with Gasteiger partial charge in [0.05, 0.1) is 12.2 Å². The van der Waals surface area contributed by atoms with Gasteiger partial charge in [0.2, 0.25) is 0 Å². The zero-order valence-corrected chi connectivity index (χ0v) is 15.0. The number of hydrogen-bond donors (Lipinski definition) is 0. The van der Waals surface area contributed by atoms with Gasteiger partial charge in [-0.15, -0.1) is 0 Å². The van der Waals surface area contributed by atoms with Gasteiger partial charge < -0.3 is 4.74 Å². The first-order valence-corrected chi connectivity index (χ1v) is 11.5. The van der Waals surface area contributed by atoms with Crippen molar-refractivity contribution in [1.29, 1.82) is 0 Å². The van der Waals surface area contributed by atoms with E-state index in [-0.39, 0.29) is 5.78 Å². The molecule has 0 aliphatic heterocycles. The Labute approximate surface area is 137 Å². The highest BCUT2D eigenvalue weighted by molar-refractivity contribution is 7.26. The first-order chi connectivity index (χ1) is 10.4.